The van der Waals surface area contributed by atoms with Crippen LogP contribution in [0.5, 0.6) is 5.75 Å². The van der Waals surface area contributed by atoms with Crippen LogP contribution in [-0.4, -0.2) is 35.7 Å². The van der Waals surface area contributed by atoms with Gasteiger partial charge < -0.3 is 15.3 Å². The number of urea groups is 1. The number of hydrogen-bond donors (Lipinski definition) is 2. The highest BCUT2D eigenvalue weighted by atomic mass is 16.3. The number of aromatic hydroxyl groups is 1. The summed E-state index contributed by atoms with van der Waals surface area (Å²) >= 11 is 0. The maximum absolute atomic E-state index is 12.0. The number of phenols is 1. The van der Waals surface area contributed by atoms with Gasteiger partial charge in [0.2, 0.25) is 0 Å². The van der Waals surface area contributed by atoms with Gasteiger partial charge in [-0.2, -0.15) is 0 Å². The third kappa shape index (κ3) is 3.13. The molecule has 1 fully saturated rings. The Hall–Kier alpha value is -1.97. The van der Waals surface area contributed by atoms with E-state index in [1.165, 1.54) is 18.4 Å². The molecule has 1 aliphatic carbocycles. The van der Waals surface area contributed by atoms with E-state index in [1.807, 2.05) is 17.0 Å². The van der Waals surface area contributed by atoms with Crippen molar-refractivity contribution in [1.29, 1.82) is 0 Å². The molecule has 4 heteroatoms. The molecule has 4 nitrogen and oxygen atoms in total. The van der Waals surface area contributed by atoms with Crippen molar-refractivity contribution in [2.24, 2.45) is 5.92 Å². The number of phenolic OH excluding ortho intramolecular Hbond substituents is 1. The summed E-state index contributed by atoms with van der Waals surface area (Å²) in [6.45, 7) is 2.24. The Morgan fingerprint density at radius 1 is 1.30 bits per heavy atom. The minimum atomic E-state index is 0.0536. The van der Waals surface area contributed by atoms with E-state index in [0.29, 0.717) is 12.5 Å². The third-order valence-electron chi connectivity index (χ3n) is 3.97. The molecule has 1 aliphatic heterocycles. The Labute approximate surface area is 119 Å². The van der Waals surface area contributed by atoms with Crippen molar-refractivity contribution in [3.63, 3.8) is 0 Å². The minimum Gasteiger partial charge on any atom is -0.508 e. The molecule has 0 spiro atoms. The zero-order chi connectivity index (χ0) is 13.9. The molecule has 1 heterocycles. The van der Waals surface area contributed by atoms with Crippen molar-refractivity contribution in [1.82, 2.24) is 10.2 Å². The third-order valence-corrected chi connectivity index (χ3v) is 3.97. The Morgan fingerprint density at radius 3 is 2.65 bits per heavy atom. The number of nitrogens with one attached hydrogen (secondary N) is 1. The van der Waals surface area contributed by atoms with E-state index >= 15 is 0 Å². The van der Waals surface area contributed by atoms with Gasteiger partial charge in [0.05, 0.1) is 0 Å². The van der Waals surface area contributed by atoms with Crippen molar-refractivity contribution < 1.29 is 9.90 Å². The topological polar surface area (TPSA) is 52.6 Å². The Kier molecular flexibility index (Phi) is 3.63. The fraction of sp³-hybridized carbons (Fsp3) is 0.438. The first-order valence-corrected chi connectivity index (χ1v) is 7.23. The Morgan fingerprint density at radius 2 is 2.05 bits per heavy atom. The molecule has 106 valence electrons. The highest BCUT2D eigenvalue weighted by Gasteiger charge is 2.23. The molecule has 0 unspecified atom stereocenters. The van der Waals surface area contributed by atoms with E-state index in [9.17, 15) is 9.90 Å². The van der Waals surface area contributed by atoms with Crippen LogP contribution >= 0.6 is 0 Å². The van der Waals surface area contributed by atoms with Crippen LogP contribution in [0.4, 0.5) is 4.79 Å². The number of hydrogen-bond acceptors (Lipinski definition) is 2. The molecule has 3 rings (SSSR count). The number of benzene rings is 1. The maximum atomic E-state index is 12.0. The number of rotatable bonds is 3. The molecular weight excluding hydrogens is 252 g/mol. The van der Waals surface area contributed by atoms with Crippen LogP contribution in [0.15, 0.2) is 30.3 Å². The van der Waals surface area contributed by atoms with Gasteiger partial charge in [0, 0.05) is 19.6 Å². The monoisotopic (exact) mass is 272 g/mol. The largest absolute Gasteiger partial charge is 0.508 e. The zero-order valence-electron chi connectivity index (χ0n) is 11.5. The molecule has 2 amide bonds. The van der Waals surface area contributed by atoms with Gasteiger partial charge in [-0.1, -0.05) is 18.2 Å². The summed E-state index contributed by atoms with van der Waals surface area (Å²) < 4.78 is 0. The Balaban J connectivity index is 1.56. The van der Waals surface area contributed by atoms with Crippen LogP contribution < -0.4 is 5.32 Å². The number of amides is 2. The average molecular weight is 272 g/mol. The Bertz CT molecular complexity index is 518. The lowest BCUT2D eigenvalue weighted by Gasteiger charge is -2.27. The highest BCUT2D eigenvalue weighted by molar-refractivity contribution is 5.76. The average Bonchev–Trinajstić information content (AvgIpc) is 3.30. The van der Waals surface area contributed by atoms with Crippen molar-refractivity contribution >= 4 is 11.6 Å². The van der Waals surface area contributed by atoms with E-state index in [1.54, 1.807) is 12.1 Å². The van der Waals surface area contributed by atoms with Crippen molar-refractivity contribution in [3.8, 4) is 5.75 Å². The lowest BCUT2D eigenvalue weighted by molar-refractivity contribution is 0.202. The molecule has 1 aromatic carbocycles. The van der Waals surface area contributed by atoms with Gasteiger partial charge in [0.1, 0.15) is 5.75 Å². The first-order valence-electron chi connectivity index (χ1n) is 7.23. The fourth-order valence-electron chi connectivity index (χ4n) is 2.46. The van der Waals surface area contributed by atoms with Gasteiger partial charge in [0.25, 0.3) is 0 Å². The van der Waals surface area contributed by atoms with Gasteiger partial charge in [-0.3, -0.25) is 0 Å². The summed E-state index contributed by atoms with van der Waals surface area (Å²) in [4.78, 5) is 13.8. The first-order chi connectivity index (χ1) is 9.72. The number of nitrogens with zero attached hydrogens (tertiary/aromatic N) is 1. The van der Waals surface area contributed by atoms with E-state index in [4.69, 9.17) is 0 Å². The number of carbonyl (C=O) groups excluding carboxylic acids is 1. The second kappa shape index (κ2) is 5.57. The van der Waals surface area contributed by atoms with Crippen molar-refractivity contribution in [2.45, 2.75) is 19.3 Å². The second-order valence-electron chi connectivity index (χ2n) is 5.60. The van der Waals surface area contributed by atoms with Gasteiger partial charge in [-0.25, -0.2) is 4.79 Å². The van der Waals surface area contributed by atoms with E-state index in [0.717, 1.165) is 25.1 Å². The SMILES string of the molecule is O=C(NCC1CC1)N1CC=C(c2ccc(O)cc2)CC1. The van der Waals surface area contributed by atoms with E-state index in [2.05, 4.69) is 11.4 Å². The molecule has 2 aliphatic rings. The summed E-state index contributed by atoms with van der Waals surface area (Å²) in [6.07, 6.45) is 5.48. The molecule has 2 N–H and O–H groups in total. The summed E-state index contributed by atoms with van der Waals surface area (Å²) in [5.41, 5.74) is 2.37. The first kappa shape index (κ1) is 13.0. The predicted octanol–water partition coefficient (Wildman–Crippen LogP) is 2.60. The molecule has 0 bridgehead atoms. The normalized spacial score (nSPS) is 18.6. The smallest absolute Gasteiger partial charge is 0.317 e. The summed E-state index contributed by atoms with van der Waals surface area (Å²) in [7, 11) is 0. The lowest BCUT2D eigenvalue weighted by atomic mass is 9.99. The van der Waals surface area contributed by atoms with E-state index < -0.39 is 0 Å². The van der Waals surface area contributed by atoms with Crippen LogP contribution in [0, 0.1) is 5.92 Å². The fourth-order valence-corrected chi connectivity index (χ4v) is 2.46. The quantitative estimate of drug-likeness (QED) is 0.888. The highest BCUT2D eigenvalue weighted by Crippen LogP contribution is 2.28. The summed E-state index contributed by atoms with van der Waals surface area (Å²) in [5, 5.41) is 12.3. The molecule has 1 aromatic rings. The lowest BCUT2D eigenvalue weighted by Crippen LogP contribution is -2.42. The predicted molar refractivity (Wildman–Crippen MR) is 78.4 cm³/mol. The van der Waals surface area contributed by atoms with Crippen LogP contribution in [0.1, 0.15) is 24.8 Å². The molecule has 20 heavy (non-hydrogen) atoms. The van der Waals surface area contributed by atoms with Crippen LogP contribution in [0.3, 0.4) is 0 Å². The standard InChI is InChI=1S/C16H20N2O2/c19-15-5-3-13(4-6-15)14-7-9-18(10-8-14)16(20)17-11-12-1-2-12/h3-7,12,19H,1-2,8-11H2,(H,17,20). The van der Waals surface area contributed by atoms with Crippen molar-refractivity contribution in [3.05, 3.63) is 35.9 Å². The van der Waals surface area contributed by atoms with Gasteiger partial charge in [0.15, 0.2) is 0 Å². The van der Waals surface area contributed by atoms with Crippen LogP contribution in [0.2, 0.25) is 0 Å². The van der Waals surface area contributed by atoms with Crippen LogP contribution in [0.25, 0.3) is 5.57 Å². The molecule has 0 aromatic heterocycles. The molecular formula is C16H20N2O2. The minimum absolute atomic E-state index is 0.0536. The molecule has 0 atom stereocenters. The summed E-state index contributed by atoms with van der Waals surface area (Å²) in [6, 6.07) is 7.29. The zero-order valence-corrected chi connectivity index (χ0v) is 11.5. The molecule has 0 saturated heterocycles. The van der Waals surface area contributed by atoms with Gasteiger partial charge in [-0.05, 0) is 48.4 Å². The number of carbonyl (C=O) groups is 1. The second-order valence-corrected chi connectivity index (χ2v) is 5.60. The molecule has 1 saturated carbocycles. The van der Waals surface area contributed by atoms with Gasteiger partial charge >= 0.3 is 6.03 Å². The van der Waals surface area contributed by atoms with Crippen molar-refractivity contribution in [2.75, 3.05) is 19.6 Å². The molecule has 0 radical (unpaired) electrons. The maximum Gasteiger partial charge on any atom is 0.317 e. The van der Waals surface area contributed by atoms with E-state index in [-0.39, 0.29) is 11.8 Å². The van der Waals surface area contributed by atoms with Crippen LogP contribution in [-0.2, 0) is 0 Å². The van der Waals surface area contributed by atoms with Gasteiger partial charge in [-0.15, -0.1) is 0 Å². The summed E-state index contributed by atoms with van der Waals surface area (Å²) in [5.74, 6) is 0.998.